The fourth-order valence-electron chi connectivity index (χ4n) is 3.22. The van der Waals surface area contributed by atoms with Crippen LogP contribution in [0.4, 0.5) is 0 Å². The van der Waals surface area contributed by atoms with Crippen LogP contribution in [-0.4, -0.2) is 45.0 Å². The van der Waals surface area contributed by atoms with Crippen LogP contribution in [0.5, 0.6) is 0 Å². The Morgan fingerprint density at radius 2 is 1.91 bits per heavy atom. The molecule has 1 aromatic heterocycles. The van der Waals surface area contributed by atoms with Gasteiger partial charge in [-0.1, -0.05) is 15.9 Å². The molecule has 23 heavy (non-hydrogen) atoms. The van der Waals surface area contributed by atoms with Gasteiger partial charge in [-0.15, -0.1) is 0 Å². The standard InChI is InChI=1S/C17H23BrN4O/c1-11-7-15(18)5-6-16(11)22-17(19-14(4)20-22)10-21-8-12(2)23-13(3)9-21/h5-7,12-13H,8-10H2,1-4H3. The molecule has 0 amide bonds. The van der Waals surface area contributed by atoms with E-state index in [1.807, 2.05) is 17.7 Å². The van der Waals surface area contributed by atoms with Crippen molar-refractivity contribution in [2.75, 3.05) is 13.1 Å². The number of nitrogens with zero attached hydrogens (tertiary/aromatic N) is 4. The molecule has 0 aliphatic carbocycles. The lowest BCUT2D eigenvalue weighted by Gasteiger charge is -2.34. The molecule has 1 aliphatic heterocycles. The maximum Gasteiger partial charge on any atom is 0.148 e. The van der Waals surface area contributed by atoms with Crippen LogP contribution in [-0.2, 0) is 11.3 Å². The van der Waals surface area contributed by atoms with Gasteiger partial charge in [-0.05, 0) is 51.5 Å². The second-order valence-corrected chi connectivity index (χ2v) is 7.28. The molecule has 0 N–H and O–H groups in total. The highest BCUT2D eigenvalue weighted by Crippen LogP contribution is 2.21. The highest BCUT2D eigenvalue weighted by atomic mass is 79.9. The Morgan fingerprint density at radius 1 is 1.22 bits per heavy atom. The molecule has 0 bridgehead atoms. The van der Waals surface area contributed by atoms with E-state index in [0.717, 1.165) is 41.4 Å². The molecule has 1 aliphatic rings. The summed E-state index contributed by atoms with van der Waals surface area (Å²) in [5.74, 6) is 1.78. The zero-order valence-corrected chi connectivity index (χ0v) is 15.7. The predicted octanol–water partition coefficient (Wildman–Crippen LogP) is 3.26. The van der Waals surface area contributed by atoms with Crippen molar-refractivity contribution in [2.45, 2.75) is 46.4 Å². The Morgan fingerprint density at radius 3 is 2.57 bits per heavy atom. The van der Waals surface area contributed by atoms with Crippen LogP contribution in [0.15, 0.2) is 22.7 Å². The SMILES string of the molecule is Cc1nc(CN2CC(C)OC(C)C2)n(-c2ccc(Br)cc2C)n1. The zero-order chi connectivity index (χ0) is 16.6. The van der Waals surface area contributed by atoms with Gasteiger partial charge >= 0.3 is 0 Å². The van der Waals surface area contributed by atoms with Gasteiger partial charge in [0.2, 0.25) is 0 Å². The molecule has 3 rings (SSSR count). The van der Waals surface area contributed by atoms with Gasteiger partial charge < -0.3 is 4.74 Å². The molecule has 5 nitrogen and oxygen atoms in total. The summed E-state index contributed by atoms with van der Waals surface area (Å²) < 4.78 is 8.87. The van der Waals surface area contributed by atoms with E-state index >= 15 is 0 Å². The highest BCUT2D eigenvalue weighted by molar-refractivity contribution is 9.10. The molecular formula is C17H23BrN4O. The van der Waals surface area contributed by atoms with Gasteiger partial charge in [-0.2, -0.15) is 5.10 Å². The van der Waals surface area contributed by atoms with E-state index < -0.39 is 0 Å². The van der Waals surface area contributed by atoms with Crippen molar-refractivity contribution < 1.29 is 4.74 Å². The fourth-order valence-corrected chi connectivity index (χ4v) is 3.70. The van der Waals surface area contributed by atoms with E-state index in [4.69, 9.17) is 4.74 Å². The third kappa shape index (κ3) is 3.82. The number of aromatic nitrogens is 3. The van der Waals surface area contributed by atoms with Gasteiger partial charge in [-0.25, -0.2) is 9.67 Å². The van der Waals surface area contributed by atoms with Crippen molar-refractivity contribution in [3.8, 4) is 5.69 Å². The zero-order valence-electron chi connectivity index (χ0n) is 14.1. The van der Waals surface area contributed by atoms with Gasteiger partial charge in [0.05, 0.1) is 24.4 Å². The molecule has 6 heteroatoms. The lowest BCUT2D eigenvalue weighted by atomic mass is 10.2. The number of aryl methyl sites for hydroxylation is 2. The maximum absolute atomic E-state index is 5.82. The number of halogens is 1. The van der Waals surface area contributed by atoms with Crippen molar-refractivity contribution >= 4 is 15.9 Å². The van der Waals surface area contributed by atoms with Crippen molar-refractivity contribution in [3.05, 3.63) is 39.9 Å². The van der Waals surface area contributed by atoms with Gasteiger partial charge in [0.15, 0.2) is 0 Å². The maximum atomic E-state index is 5.82. The third-order valence-electron chi connectivity index (χ3n) is 4.03. The van der Waals surface area contributed by atoms with E-state index in [1.165, 1.54) is 5.56 Å². The summed E-state index contributed by atoms with van der Waals surface area (Å²) in [5, 5.41) is 4.61. The quantitative estimate of drug-likeness (QED) is 0.821. The molecule has 1 saturated heterocycles. The second-order valence-electron chi connectivity index (χ2n) is 6.37. The molecule has 2 heterocycles. The first-order valence-corrected chi connectivity index (χ1v) is 8.78. The molecule has 124 valence electrons. The summed E-state index contributed by atoms with van der Waals surface area (Å²) in [7, 11) is 0. The summed E-state index contributed by atoms with van der Waals surface area (Å²) >= 11 is 3.52. The molecule has 1 fully saturated rings. The first-order chi connectivity index (χ1) is 10.9. The van der Waals surface area contributed by atoms with Crippen LogP contribution in [0, 0.1) is 13.8 Å². The van der Waals surface area contributed by atoms with Gasteiger partial charge in [0.1, 0.15) is 11.6 Å². The summed E-state index contributed by atoms with van der Waals surface area (Å²) in [5.41, 5.74) is 2.26. The van der Waals surface area contributed by atoms with Crippen molar-refractivity contribution in [1.82, 2.24) is 19.7 Å². The summed E-state index contributed by atoms with van der Waals surface area (Å²) in [4.78, 5) is 7.05. The number of morpholine rings is 1. The van der Waals surface area contributed by atoms with Crippen LogP contribution in [0.25, 0.3) is 5.69 Å². The summed E-state index contributed by atoms with van der Waals surface area (Å²) in [6.45, 7) is 10.9. The Bertz CT molecular complexity index is 690. The predicted molar refractivity (Wildman–Crippen MR) is 93.8 cm³/mol. The fraction of sp³-hybridized carbons (Fsp3) is 0.529. The Hall–Kier alpha value is -1.24. The Balaban J connectivity index is 1.89. The number of rotatable bonds is 3. The Kier molecular flexibility index (Phi) is 4.85. The van der Waals surface area contributed by atoms with Crippen molar-refractivity contribution in [1.29, 1.82) is 0 Å². The minimum absolute atomic E-state index is 0.255. The van der Waals surface area contributed by atoms with Crippen LogP contribution in [0.1, 0.15) is 31.1 Å². The van der Waals surface area contributed by atoms with Gasteiger partial charge in [0, 0.05) is 17.6 Å². The van der Waals surface area contributed by atoms with E-state index in [0.29, 0.717) is 0 Å². The number of hydrogen-bond donors (Lipinski definition) is 0. The first kappa shape index (κ1) is 16.6. The third-order valence-corrected chi connectivity index (χ3v) is 4.52. The van der Waals surface area contributed by atoms with Gasteiger partial charge in [0.25, 0.3) is 0 Å². The van der Waals surface area contributed by atoms with Crippen LogP contribution >= 0.6 is 15.9 Å². The normalized spacial score (nSPS) is 22.5. The van der Waals surface area contributed by atoms with Crippen LogP contribution < -0.4 is 0 Å². The number of ether oxygens (including phenoxy) is 1. The van der Waals surface area contributed by atoms with E-state index in [2.05, 4.69) is 63.8 Å². The molecule has 0 radical (unpaired) electrons. The highest BCUT2D eigenvalue weighted by Gasteiger charge is 2.24. The molecule has 2 unspecified atom stereocenters. The van der Waals surface area contributed by atoms with Crippen molar-refractivity contribution in [2.24, 2.45) is 0 Å². The van der Waals surface area contributed by atoms with E-state index in [-0.39, 0.29) is 12.2 Å². The number of benzene rings is 1. The van der Waals surface area contributed by atoms with Crippen LogP contribution in [0.3, 0.4) is 0 Å². The van der Waals surface area contributed by atoms with Gasteiger partial charge in [-0.3, -0.25) is 4.90 Å². The lowest BCUT2D eigenvalue weighted by Crippen LogP contribution is -2.45. The van der Waals surface area contributed by atoms with Crippen LogP contribution in [0.2, 0.25) is 0 Å². The smallest absolute Gasteiger partial charge is 0.148 e. The molecule has 2 aromatic rings. The summed E-state index contributed by atoms with van der Waals surface area (Å²) in [6, 6.07) is 6.23. The Labute approximate surface area is 145 Å². The number of hydrogen-bond acceptors (Lipinski definition) is 4. The molecule has 2 atom stereocenters. The largest absolute Gasteiger partial charge is 0.373 e. The monoisotopic (exact) mass is 378 g/mol. The average Bonchev–Trinajstić information content (AvgIpc) is 2.78. The van der Waals surface area contributed by atoms with Crippen molar-refractivity contribution in [3.63, 3.8) is 0 Å². The summed E-state index contributed by atoms with van der Waals surface area (Å²) in [6.07, 6.45) is 0.510. The molecule has 0 saturated carbocycles. The van der Waals surface area contributed by atoms with E-state index in [1.54, 1.807) is 0 Å². The van der Waals surface area contributed by atoms with E-state index in [9.17, 15) is 0 Å². The average molecular weight is 379 g/mol. The first-order valence-electron chi connectivity index (χ1n) is 7.99. The second kappa shape index (κ2) is 6.71. The minimum atomic E-state index is 0.255. The molecular weight excluding hydrogens is 356 g/mol. The minimum Gasteiger partial charge on any atom is -0.373 e. The topological polar surface area (TPSA) is 43.2 Å². The molecule has 0 spiro atoms. The lowest BCUT2D eigenvalue weighted by molar-refractivity contribution is -0.0712. The molecule has 1 aromatic carbocycles.